The largest absolute Gasteiger partial charge is 0.361 e. The molecule has 1 aliphatic rings. The third-order valence-electron chi connectivity index (χ3n) is 5.28. The number of nitrogens with zero attached hydrogens (tertiary/aromatic N) is 3. The predicted octanol–water partition coefficient (Wildman–Crippen LogP) is 4.08. The Hall–Kier alpha value is -3.06. The monoisotopic (exact) mass is 417 g/mol. The van der Waals surface area contributed by atoms with Crippen LogP contribution >= 0.6 is 11.8 Å². The molecular weight excluding hydrogens is 394 g/mol. The first-order valence-corrected chi connectivity index (χ1v) is 11.2. The fourth-order valence-corrected chi connectivity index (χ4v) is 4.25. The number of H-pyrrole nitrogens is 1. The lowest BCUT2D eigenvalue weighted by Gasteiger charge is -2.04. The van der Waals surface area contributed by atoms with E-state index in [1.807, 2.05) is 53.3 Å². The molecule has 0 atom stereocenters. The summed E-state index contributed by atoms with van der Waals surface area (Å²) in [7, 11) is 0. The van der Waals surface area contributed by atoms with Crippen LogP contribution in [-0.2, 0) is 11.2 Å². The summed E-state index contributed by atoms with van der Waals surface area (Å²) in [6.45, 7) is 0.612. The van der Waals surface area contributed by atoms with Gasteiger partial charge in [-0.1, -0.05) is 48.2 Å². The minimum Gasteiger partial charge on any atom is -0.361 e. The Bertz CT molecular complexity index is 1160. The zero-order valence-corrected chi connectivity index (χ0v) is 17.4. The van der Waals surface area contributed by atoms with Crippen LogP contribution < -0.4 is 5.32 Å². The number of fused-ring (bicyclic) bond motifs is 1. The van der Waals surface area contributed by atoms with Gasteiger partial charge in [-0.15, -0.1) is 5.10 Å². The van der Waals surface area contributed by atoms with Gasteiger partial charge in [-0.3, -0.25) is 4.79 Å². The van der Waals surface area contributed by atoms with Crippen LogP contribution in [0.4, 0.5) is 0 Å². The van der Waals surface area contributed by atoms with Gasteiger partial charge in [0.15, 0.2) is 0 Å². The number of hydrogen-bond donors (Lipinski definition) is 2. The maximum absolute atomic E-state index is 12.3. The van der Waals surface area contributed by atoms with Crippen molar-refractivity contribution < 1.29 is 4.79 Å². The number of thioether (sulfide) groups is 1. The van der Waals surface area contributed by atoms with Crippen molar-refractivity contribution in [3.63, 3.8) is 0 Å². The Labute approximate surface area is 179 Å². The highest BCUT2D eigenvalue weighted by Gasteiger charge is 2.30. The molecule has 2 aromatic carbocycles. The number of hydrogen-bond acceptors (Lipinski definition) is 4. The van der Waals surface area contributed by atoms with Gasteiger partial charge in [0.1, 0.15) is 5.82 Å². The van der Waals surface area contributed by atoms with Crippen LogP contribution in [-0.4, -0.2) is 38.0 Å². The summed E-state index contributed by atoms with van der Waals surface area (Å²) in [6, 6.07) is 18.3. The van der Waals surface area contributed by atoms with E-state index in [4.69, 9.17) is 4.98 Å². The molecule has 152 valence electrons. The van der Waals surface area contributed by atoms with E-state index in [0.717, 1.165) is 36.3 Å². The first-order chi connectivity index (χ1) is 14.8. The van der Waals surface area contributed by atoms with E-state index >= 15 is 0 Å². The first kappa shape index (κ1) is 18.9. The lowest BCUT2D eigenvalue weighted by molar-refractivity contribution is -0.118. The number of rotatable bonds is 8. The first-order valence-electron chi connectivity index (χ1n) is 10.2. The molecule has 6 nitrogen and oxygen atoms in total. The van der Waals surface area contributed by atoms with Crippen LogP contribution in [0.3, 0.4) is 0 Å². The van der Waals surface area contributed by atoms with Gasteiger partial charge in [-0.25, -0.2) is 9.67 Å². The van der Waals surface area contributed by atoms with Crippen molar-refractivity contribution in [2.24, 2.45) is 0 Å². The fourth-order valence-electron chi connectivity index (χ4n) is 3.59. The standard InChI is InChI=1S/C23H23N5OS/c29-21(24-13-12-17-14-25-20-9-5-4-8-19(17)20)15-30-23-26-22(16-10-11-16)28(27-23)18-6-2-1-3-7-18/h1-9,14,16,25H,10-13,15H2,(H,24,29). The lowest BCUT2D eigenvalue weighted by atomic mass is 10.1. The Morgan fingerprint density at radius 2 is 1.93 bits per heavy atom. The summed E-state index contributed by atoms with van der Waals surface area (Å²) in [5.41, 5.74) is 3.36. The van der Waals surface area contributed by atoms with Crippen LogP contribution in [0.25, 0.3) is 16.6 Å². The summed E-state index contributed by atoms with van der Waals surface area (Å²) < 4.78 is 1.93. The van der Waals surface area contributed by atoms with Crippen molar-refractivity contribution in [3.05, 3.63) is 72.2 Å². The molecule has 1 saturated carbocycles. The summed E-state index contributed by atoms with van der Waals surface area (Å²) in [6.07, 6.45) is 5.13. The molecule has 1 fully saturated rings. The molecule has 2 heterocycles. The third-order valence-corrected chi connectivity index (χ3v) is 6.12. The Morgan fingerprint density at radius 1 is 1.13 bits per heavy atom. The van der Waals surface area contributed by atoms with Crippen LogP contribution in [0, 0.1) is 0 Å². The van der Waals surface area contributed by atoms with Gasteiger partial charge in [0.2, 0.25) is 11.1 Å². The molecule has 0 spiro atoms. The molecule has 2 N–H and O–H groups in total. The van der Waals surface area contributed by atoms with Gasteiger partial charge < -0.3 is 10.3 Å². The smallest absolute Gasteiger partial charge is 0.230 e. The number of aromatic nitrogens is 4. The number of carbonyl (C=O) groups excluding carboxylic acids is 1. The molecule has 1 amide bonds. The van der Waals surface area contributed by atoms with Gasteiger partial charge in [0.05, 0.1) is 11.4 Å². The average molecular weight is 418 g/mol. The lowest BCUT2D eigenvalue weighted by Crippen LogP contribution is -2.27. The highest BCUT2D eigenvalue weighted by atomic mass is 32.2. The second kappa shape index (κ2) is 8.36. The van der Waals surface area contributed by atoms with Gasteiger partial charge >= 0.3 is 0 Å². The molecule has 1 aliphatic carbocycles. The predicted molar refractivity (Wildman–Crippen MR) is 119 cm³/mol. The van der Waals surface area contributed by atoms with E-state index in [2.05, 4.69) is 27.5 Å². The van der Waals surface area contributed by atoms with E-state index in [1.54, 1.807) is 0 Å². The molecule has 0 aliphatic heterocycles. The number of carbonyl (C=O) groups is 1. The summed E-state index contributed by atoms with van der Waals surface area (Å²) in [5, 5.41) is 9.53. The number of benzene rings is 2. The topological polar surface area (TPSA) is 75.6 Å². The maximum Gasteiger partial charge on any atom is 0.230 e. The zero-order chi connectivity index (χ0) is 20.3. The Kier molecular flexibility index (Phi) is 5.27. The van der Waals surface area contributed by atoms with Gasteiger partial charge in [-0.2, -0.15) is 0 Å². The van der Waals surface area contributed by atoms with Gasteiger partial charge in [-0.05, 0) is 43.0 Å². The quantitative estimate of drug-likeness (QED) is 0.424. The highest BCUT2D eigenvalue weighted by Crippen LogP contribution is 2.40. The second-order valence-electron chi connectivity index (χ2n) is 7.52. The maximum atomic E-state index is 12.3. The molecule has 0 bridgehead atoms. The molecule has 0 saturated heterocycles. The number of aromatic amines is 1. The molecule has 5 rings (SSSR count). The fraction of sp³-hybridized carbons (Fsp3) is 0.261. The van der Waals surface area contributed by atoms with Crippen molar-refractivity contribution in [1.82, 2.24) is 25.1 Å². The summed E-state index contributed by atoms with van der Waals surface area (Å²) >= 11 is 1.39. The van der Waals surface area contributed by atoms with Gasteiger partial charge in [0.25, 0.3) is 0 Å². The molecule has 0 unspecified atom stereocenters. The minimum atomic E-state index is 0.00359. The Morgan fingerprint density at radius 3 is 2.77 bits per heavy atom. The van der Waals surface area contributed by atoms with E-state index in [1.165, 1.54) is 22.7 Å². The number of nitrogens with one attached hydrogen (secondary N) is 2. The number of amides is 1. The van der Waals surface area contributed by atoms with Crippen molar-refractivity contribution in [1.29, 1.82) is 0 Å². The van der Waals surface area contributed by atoms with E-state index < -0.39 is 0 Å². The van der Waals surface area contributed by atoms with E-state index in [9.17, 15) is 4.79 Å². The van der Waals surface area contributed by atoms with E-state index in [-0.39, 0.29) is 5.91 Å². The van der Waals surface area contributed by atoms with Crippen molar-refractivity contribution >= 4 is 28.6 Å². The molecule has 30 heavy (non-hydrogen) atoms. The Balaban J connectivity index is 1.17. The molecular formula is C23H23N5OS. The SMILES string of the molecule is O=C(CSc1nc(C2CC2)n(-c2ccccc2)n1)NCCc1c[nH]c2ccccc12. The summed E-state index contributed by atoms with van der Waals surface area (Å²) in [5.74, 6) is 1.81. The van der Waals surface area contributed by atoms with Crippen molar-refractivity contribution in [2.45, 2.75) is 30.3 Å². The van der Waals surface area contributed by atoms with Crippen LogP contribution in [0.15, 0.2) is 66.0 Å². The zero-order valence-electron chi connectivity index (χ0n) is 16.5. The number of para-hydroxylation sites is 2. The normalized spacial score (nSPS) is 13.6. The van der Waals surface area contributed by atoms with Gasteiger partial charge in [0, 0.05) is 29.6 Å². The van der Waals surface area contributed by atoms with Crippen LogP contribution in [0.5, 0.6) is 0 Å². The van der Waals surface area contributed by atoms with E-state index in [0.29, 0.717) is 23.4 Å². The van der Waals surface area contributed by atoms with Crippen molar-refractivity contribution in [2.75, 3.05) is 12.3 Å². The summed E-state index contributed by atoms with van der Waals surface area (Å²) in [4.78, 5) is 20.3. The molecule has 7 heteroatoms. The minimum absolute atomic E-state index is 0.00359. The average Bonchev–Trinajstić information content (AvgIpc) is 3.41. The molecule has 4 aromatic rings. The highest BCUT2D eigenvalue weighted by molar-refractivity contribution is 7.99. The molecule has 0 radical (unpaired) electrons. The van der Waals surface area contributed by atoms with Crippen LogP contribution in [0.1, 0.15) is 30.1 Å². The van der Waals surface area contributed by atoms with Crippen LogP contribution in [0.2, 0.25) is 0 Å². The molecule has 2 aromatic heterocycles. The second-order valence-corrected chi connectivity index (χ2v) is 8.46. The van der Waals surface area contributed by atoms with Crippen molar-refractivity contribution in [3.8, 4) is 5.69 Å². The third kappa shape index (κ3) is 4.11.